The topological polar surface area (TPSA) is 46.3 Å². The van der Waals surface area contributed by atoms with E-state index in [-0.39, 0.29) is 18.1 Å². The predicted octanol–water partition coefficient (Wildman–Crippen LogP) is 1.66. The molecule has 2 heterocycles. The van der Waals surface area contributed by atoms with Crippen LogP contribution in [0.25, 0.3) is 0 Å². The van der Waals surface area contributed by atoms with Crippen molar-refractivity contribution in [2.45, 2.75) is 12.7 Å². The van der Waals surface area contributed by atoms with Crippen LogP contribution < -0.4 is 10.3 Å². The third-order valence-electron chi connectivity index (χ3n) is 3.32. The number of halogens is 3. The van der Waals surface area contributed by atoms with Crippen LogP contribution in [-0.4, -0.2) is 23.3 Å². The molecule has 0 aliphatic carbocycles. The Kier molecular flexibility index (Phi) is 4.08. The van der Waals surface area contributed by atoms with Crippen LogP contribution in [-0.2, 0) is 17.5 Å². The van der Waals surface area contributed by atoms with Crippen molar-refractivity contribution in [3.63, 3.8) is 0 Å². The molecule has 0 saturated heterocycles. The Morgan fingerprint density at radius 3 is 2.78 bits per heavy atom. The highest BCUT2D eigenvalue weighted by Crippen LogP contribution is 2.30. The van der Waals surface area contributed by atoms with Gasteiger partial charge in [0.25, 0.3) is 0 Å². The Morgan fingerprint density at radius 2 is 2.09 bits per heavy atom. The normalized spacial score (nSPS) is 15.0. The molecule has 23 heavy (non-hydrogen) atoms. The van der Waals surface area contributed by atoms with Crippen LogP contribution >= 0.6 is 11.3 Å². The van der Waals surface area contributed by atoms with E-state index in [1.54, 1.807) is 0 Å². The summed E-state index contributed by atoms with van der Waals surface area (Å²) in [5.74, 6) is 0.260. The first-order chi connectivity index (χ1) is 10.9. The lowest BCUT2D eigenvalue weighted by Gasteiger charge is -2.12. The molecule has 3 rings (SSSR count). The van der Waals surface area contributed by atoms with Gasteiger partial charge in [0.15, 0.2) is 6.54 Å². The maximum atomic E-state index is 12.8. The van der Waals surface area contributed by atoms with Crippen molar-refractivity contribution in [1.29, 1.82) is 0 Å². The van der Waals surface area contributed by atoms with Gasteiger partial charge in [-0.05, 0) is 29.6 Å². The van der Waals surface area contributed by atoms with E-state index in [1.165, 1.54) is 28.4 Å². The minimum absolute atomic E-state index is 0.118. The van der Waals surface area contributed by atoms with E-state index in [4.69, 9.17) is 0 Å². The van der Waals surface area contributed by atoms with E-state index in [0.29, 0.717) is 12.5 Å². The second kappa shape index (κ2) is 6.04. The van der Waals surface area contributed by atoms with Crippen molar-refractivity contribution in [2.75, 3.05) is 11.9 Å². The largest absolute Gasteiger partial charge is 0.416 e. The first kappa shape index (κ1) is 15.5. The van der Waals surface area contributed by atoms with E-state index >= 15 is 0 Å². The fourth-order valence-electron chi connectivity index (χ4n) is 2.22. The molecule has 1 aromatic carbocycles. The van der Waals surface area contributed by atoms with Crippen LogP contribution in [0.5, 0.6) is 0 Å². The standard InChI is InChI=1S/C15H12F3N3OS/c16-15(17,18)10-3-1-4-11(7-10)20-14-19-8-13(22)21(14)9-12-5-2-6-23-12/h1-7H,8-9H2,(H,19,20)/p+1. The average molecular weight is 340 g/mol. The maximum Gasteiger partial charge on any atom is 0.416 e. The smallest absolute Gasteiger partial charge is 0.266 e. The van der Waals surface area contributed by atoms with Gasteiger partial charge in [0.2, 0.25) is 0 Å². The molecule has 0 atom stereocenters. The molecule has 0 unspecified atom stereocenters. The lowest BCUT2D eigenvalue weighted by molar-refractivity contribution is -0.438. The van der Waals surface area contributed by atoms with Gasteiger partial charge >= 0.3 is 18.0 Å². The monoisotopic (exact) mass is 340 g/mol. The predicted molar refractivity (Wildman–Crippen MR) is 80.8 cm³/mol. The van der Waals surface area contributed by atoms with Crippen molar-refractivity contribution in [1.82, 2.24) is 4.90 Å². The minimum Gasteiger partial charge on any atom is -0.266 e. The first-order valence-electron chi connectivity index (χ1n) is 6.81. The Labute approximate surface area is 134 Å². The van der Waals surface area contributed by atoms with Gasteiger partial charge in [-0.25, -0.2) is 5.32 Å². The Balaban J connectivity index is 1.77. The third kappa shape index (κ3) is 3.53. The summed E-state index contributed by atoms with van der Waals surface area (Å²) < 4.78 is 38.3. The summed E-state index contributed by atoms with van der Waals surface area (Å²) in [5, 5.41) is 4.77. The second-order valence-corrected chi connectivity index (χ2v) is 6.00. The lowest BCUT2D eigenvalue weighted by Crippen LogP contribution is -2.72. The van der Waals surface area contributed by atoms with Crippen LogP contribution in [0.2, 0.25) is 0 Å². The molecule has 0 spiro atoms. The molecule has 120 valence electrons. The molecule has 1 aromatic heterocycles. The average Bonchev–Trinajstić information content (AvgIpc) is 3.12. The van der Waals surface area contributed by atoms with Crippen LogP contribution in [0.3, 0.4) is 0 Å². The van der Waals surface area contributed by atoms with Gasteiger partial charge in [0.1, 0.15) is 6.54 Å². The van der Waals surface area contributed by atoms with Crippen molar-refractivity contribution >= 4 is 28.9 Å². The summed E-state index contributed by atoms with van der Waals surface area (Å²) >= 11 is 1.51. The fourth-order valence-corrected chi connectivity index (χ4v) is 2.91. The molecule has 0 bridgehead atoms. The Bertz CT molecular complexity index is 741. The maximum absolute atomic E-state index is 12.8. The molecular weight excluding hydrogens is 327 g/mol. The Hall–Kier alpha value is -2.35. The minimum atomic E-state index is -4.40. The molecule has 1 amide bonds. The van der Waals surface area contributed by atoms with Gasteiger partial charge < -0.3 is 0 Å². The summed E-state index contributed by atoms with van der Waals surface area (Å²) in [5.41, 5.74) is -0.467. The summed E-state index contributed by atoms with van der Waals surface area (Å²) in [4.78, 5) is 17.3. The number of benzene rings is 1. The number of anilines is 1. The highest BCUT2D eigenvalue weighted by atomic mass is 32.1. The number of guanidine groups is 1. The molecule has 0 radical (unpaired) electrons. The van der Waals surface area contributed by atoms with E-state index < -0.39 is 11.7 Å². The van der Waals surface area contributed by atoms with Crippen LogP contribution in [0, 0.1) is 0 Å². The number of rotatable bonds is 3. The number of nitrogens with one attached hydrogen (secondary N) is 2. The van der Waals surface area contributed by atoms with Crippen LogP contribution in [0.4, 0.5) is 18.9 Å². The SMILES string of the molecule is O=C1C[NH+]=C(Nc2cccc(C(F)(F)F)c2)N1Cc1cccs1. The van der Waals surface area contributed by atoms with E-state index in [1.807, 2.05) is 17.5 Å². The van der Waals surface area contributed by atoms with Crippen molar-refractivity contribution < 1.29 is 23.0 Å². The Morgan fingerprint density at radius 1 is 1.26 bits per heavy atom. The molecular formula is C15H13F3N3OS+. The molecule has 8 heteroatoms. The number of hydrogen-bond acceptors (Lipinski definition) is 3. The van der Waals surface area contributed by atoms with E-state index in [9.17, 15) is 18.0 Å². The zero-order valence-electron chi connectivity index (χ0n) is 11.9. The van der Waals surface area contributed by atoms with E-state index in [2.05, 4.69) is 10.3 Å². The fraction of sp³-hybridized carbons (Fsp3) is 0.200. The van der Waals surface area contributed by atoms with Gasteiger partial charge in [-0.1, -0.05) is 12.1 Å². The van der Waals surface area contributed by atoms with Gasteiger partial charge in [0.05, 0.1) is 11.3 Å². The van der Waals surface area contributed by atoms with Crippen molar-refractivity contribution in [2.24, 2.45) is 0 Å². The molecule has 0 fully saturated rings. The summed E-state index contributed by atoms with van der Waals surface area (Å²) in [6.45, 7) is 0.497. The number of thiophene rings is 1. The van der Waals surface area contributed by atoms with Crippen molar-refractivity contribution in [3.05, 3.63) is 52.2 Å². The molecule has 4 nitrogen and oxygen atoms in total. The molecule has 2 N–H and O–H groups in total. The number of hydrogen-bond donors (Lipinski definition) is 2. The third-order valence-corrected chi connectivity index (χ3v) is 4.19. The summed E-state index contributed by atoms with van der Waals surface area (Å²) in [6.07, 6.45) is -4.40. The first-order valence-corrected chi connectivity index (χ1v) is 7.69. The summed E-state index contributed by atoms with van der Waals surface area (Å²) in [6, 6.07) is 8.65. The lowest BCUT2D eigenvalue weighted by atomic mass is 10.2. The van der Waals surface area contributed by atoms with Crippen LogP contribution in [0.15, 0.2) is 41.8 Å². The number of carbonyl (C=O) groups is 1. The van der Waals surface area contributed by atoms with Gasteiger partial charge in [-0.2, -0.15) is 18.1 Å². The number of amides is 1. The quantitative estimate of drug-likeness (QED) is 0.893. The molecule has 2 aromatic rings. The van der Waals surface area contributed by atoms with E-state index in [0.717, 1.165) is 17.0 Å². The highest BCUT2D eigenvalue weighted by Gasteiger charge is 2.34. The number of alkyl halides is 3. The molecule has 1 aliphatic heterocycles. The zero-order valence-corrected chi connectivity index (χ0v) is 12.7. The van der Waals surface area contributed by atoms with Gasteiger partial charge in [-0.15, -0.1) is 11.3 Å². The van der Waals surface area contributed by atoms with Crippen LogP contribution in [0.1, 0.15) is 10.4 Å². The van der Waals surface area contributed by atoms with Gasteiger partial charge in [0, 0.05) is 4.88 Å². The highest BCUT2D eigenvalue weighted by molar-refractivity contribution is 7.09. The molecule has 1 aliphatic rings. The number of nitrogens with zero attached hydrogens (tertiary/aromatic N) is 1. The molecule has 0 saturated carbocycles. The van der Waals surface area contributed by atoms with Crippen molar-refractivity contribution in [3.8, 4) is 0 Å². The number of carbonyl (C=O) groups excluding carboxylic acids is 1. The summed E-state index contributed by atoms with van der Waals surface area (Å²) in [7, 11) is 0. The van der Waals surface area contributed by atoms with Gasteiger partial charge in [-0.3, -0.25) is 9.79 Å². The second-order valence-electron chi connectivity index (χ2n) is 4.96. The zero-order chi connectivity index (χ0) is 16.4.